The Morgan fingerprint density at radius 3 is 2.75 bits per heavy atom. The van der Waals surface area contributed by atoms with Gasteiger partial charge in [0.15, 0.2) is 5.82 Å². The van der Waals surface area contributed by atoms with E-state index in [1.165, 1.54) is 30.0 Å². The van der Waals surface area contributed by atoms with Gasteiger partial charge in [-0.25, -0.2) is 4.39 Å². The molecule has 0 aliphatic heterocycles. The number of amides is 1. The van der Waals surface area contributed by atoms with Gasteiger partial charge in [0.05, 0.1) is 17.4 Å². The summed E-state index contributed by atoms with van der Waals surface area (Å²) in [6.07, 6.45) is 0. The summed E-state index contributed by atoms with van der Waals surface area (Å²) >= 11 is 1.24. The Hall–Kier alpha value is -2.46. The van der Waals surface area contributed by atoms with E-state index in [-0.39, 0.29) is 17.1 Å². The van der Waals surface area contributed by atoms with Crippen LogP contribution in [-0.2, 0) is 0 Å². The molecule has 0 saturated heterocycles. The van der Waals surface area contributed by atoms with Gasteiger partial charge in [-0.2, -0.15) is 5.26 Å². The summed E-state index contributed by atoms with van der Waals surface area (Å²) in [6.45, 7) is 0. The van der Waals surface area contributed by atoms with Gasteiger partial charge in [0.2, 0.25) is 0 Å². The number of thioether (sulfide) groups is 1. The van der Waals surface area contributed by atoms with E-state index >= 15 is 0 Å². The van der Waals surface area contributed by atoms with Crippen molar-refractivity contribution in [2.24, 2.45) is 0 Å². The van der Waals surface area contributed by atoms with Gasteiger partial charge < -0.3 is 5.32 Å². The molecule has 0 saturated carbocycles. The molecule has 1 amide bonds. The van der Waals surface area contributed by atoms with E-state index in [9.17, 15) is 9.18 Å². The second kappa shape index (κ2) is 6.63. The first-order valence-corrected chi connectivity index (χ1v) is 6.58. The van der Waals surface area contributed by atoms with Crippen molar-refractivity contribution in [3.63, 3.8) is 0 Å². The van der Waals surface area contributed by atoms with E-state index in [1.807, 2.05) is 6.07 Å². The van der Waals surface area contributed by atoms with Gasteiger partial charge in [0.25, 0.3) is 5.91 Å². The predicted octanol–water partition coefficient (Wildman–Crippen LogP) is 2.48. The molecule has 0 fully saturated rings. The molecular weight excluding hydrogens is 279 g/mol. The Morgan fingerprint density at radius 1 is 1.30 bits per heavy atom. The fourth-order valence-corrected chi connectivity index (χ4v) is 1.87. The van der Waals surface area contributed by atoms with Crippen molar-refractivity contribution in [2.75, 3.05) is 11.1 Å². The third-order valence-corrected chi connectivity index (χ3v) is 3.07. The average molecular weight is 288 g/mol. The van der Waals surface area contributed by atoms with E-state index in [0.717, 1.165) is 0 Å². The molecule has 0 bridgehead atoms. The lowest BCUT2D eigenvalue weighted by Gasteiger charge is -2.04. The minimum absolute atomic E-state index is 0.0581. The normalized spacial score (nSPS) is 9.80. The third kappa shape index (κ3) is 3.52. The van der Waals surface area contributed by atoms with E-state index in [2.05, 4.69) is 15.5 Å². The number of nitriles is 1. The predicted molar refractivity (Wildman–Crippen MR) is 72.7 cm³/mol. The number of carbonyl (C=O) groups excluding carboxylic acids is 1. The Kier molecular flexibility index (Phi) is 4.63. The highest BCUT2D eigenvalue weighted by molar-refractivity contribution is 7.99. The molecule has 0 aliphatic rings. The third-order valence-electron chi connectivity index (χ3n) is 2.28. The second-order valence-electron chi connectivity index (χ2n) is 3.64. The number of rotatable bonds is 4. The first kappa shape index (κ1) is 14.0. The number of anilines is 1. The SMILES string of the molecule is N#CCSc1ccc(NC(=O)c2ccccc2F)nn1. The summed E-state index contributed by atoms with van der Waals surface area (Å²) in [6, 6.07) is 10.8. The van der Waals surface area contributed by atoms with E-state index in [0.29, 0.717) is 5.03 Å². The van der Waals surface area contributed by atoms with Crippen molar-refractivity contribution in [1.82, 2.24) is 10.2 Å². The Bertz CT molecular complexity index is 654. The summed E-state index contributed by atoms with van der Waals surface area (Å²) in [5.41, 5.74) is -0.0581. The maximum Gasteiger partial charge on any atom is 0.259 e. The van der Waals surface area contributed by atoms with E-state index in [1.54, 1.807) is 18.2 Å². The Morgan fingerprint density at radius 2 is 2.10 bits per heavy atom. The van der Waals surface area contributed by atoms with Crippen molar-refractivity contribution in [2.45, 2.75) is 5.03 Å². The van der Waals surface area contributed by atoms with Crippen LogP contribution in [0, 0.1) is 17.1 Å². The van der Waals surface area contributed by atoms with Crippen LogP contribution in [-0.4, -0.2) is 21.9 Å². The van der Waals surface area contributed by atoms with Crippen LogP contribution < -0.4 is 5.32 Å². The van der Waals surface area contributed by atoms with Crippen LogP contribution in [0.4, 0.5) is 10.2 Å². The first-order valence-electron chi connectivity index (χ1n) is 5.60. The molecule has 0 spiro atoms. The zero-order valence-corrected chi connectivity index (χ0v) is 11.0. The molecule has 0 radical (unpaired) electrons. The zero-order valence-electron chi connectivity index (χ0n) is 10.2. The molecule has 2 rings (SSSR count). The van der Waals surface area contributed by atoms with Gasteiger partial charge in [-0.1, -0.05) is 23.9 Å². The highest BCUT2D eigenvalue weighted by atomic mass is 32.2. The molecular formula is C13H9FN4OS. The maximum absolute atomic E-state index is 13.4. The van der Waals surface area contributed by atoms with Crippen molar-refractivity contribution < 1.29 is 9.18 Å². The highest BCUT2D eigenvalue weighted by Crippen LogP contribution is 2.15. The maximum atomic E-state index is 13.4. The lowest BCUT2D eigenvalue weighted by molar-refractivity contribution is 0.102. The topological polar surface area (TPSA) is 78.7 Å². The van der Waals surface area contributed by atoms with E-state index < -0.39 is 11.7 Å². The first-order chi connectivity index (χ1) is 9.70. The zero-order chi connectivity index (χ0) is 14.4. The standard InChI is InChI=1S/C13H9FN4OS/c14-10-4-2-1-3-9(10)13(19)16-11-5-6-12(18-17-11)20-8-7-15/h1-6H,8H2,(H,16,17,19). The molecule has 100 valence electrons. The fraction of sp³-hybridized carbons (Fsp3) is 0.0769. The molecule has 20 heavy (non-hydrogen) atoms. The minimum Gasteiger partial charge on any atom is -0.305 e. The molecule has 0 aliphatic carbocycles. The Labute approximate surface area is 118 Å². The second-order valence-corrected chi connectivity index (χ2v) is 4.63. The number of nitrogens with one attached hydrogen (secondary N) is 1. The van der Waals surface area contributed by atoms with E-state index in [4.69, 9.17) is 5.26 Å². The Balaban J connectivity index is 2.05. The van der Waals surface area contributed by atoms with Crippen LogP contribution in [0.1, 0.15) is 10.4 Å². The van der Waals surface area contributed by atoms with Gasteiger partial charge in [-0.3, -0.25) is 4.79 Å². The number of hydrogen-bond donors (Lipinski definition) is 1. The molecule has 1 heterocycles. The molecule has 2 aromatic rings. The average Bonchev–Trinajstić information content (AvgIpc) is 2.47. The monoisotopic (exact) mass is 288 g/mol. The van der Waals surface area contributed by atoms with Crippen LogP contribution >= 0.6 is 11.8 Å². The lowest BCUT2D eigenvalue weighted by atomic mass is 10.2. The van der Waals surface area contributed by atoms with Crippen molar-refractivity contribution >= 4 is 23.5 Å². The summed E-state index contributed by atoms with van der Waals surface area (Å²) in [7, 11) is 0. The number of benzene rings is 1. The molecule has 1 N–H and O–H groups in total. The van der Waals surface area contributed by atoms with Crippen molar-refractivity contribution in [1.29, 1.82) is 5.26 Å². The molecule has 7 heteroatoms. The molecule has 0 atom stereocenters. The molecule has 1 aromatic heterocycles. The van der Waals surface area contributed by atoms with Crippen LogP contribution in [0.25, 0.3) is 0 Å². The van der Waals surface area contributed by atoms with Gasteiger partial charge in [-0.05, 0) is 24.3 Å². The van der Waals surface area contributed by atoms with Crippen molar-refractivity contribution in [3.8, 4) is 6.07 Å². The molecule has 1 aromatic carbocycles. The minimum atomic E-state index is -0.598. The quantitative estimate of drug-likeness (QED) is 0.874. The van der Waals surface area contributed by atoms with Gasteiger partial charge in [-0.15, -0.1) is 10.2 Å². The number of carbonyl (C=O) groups is 1. The van der Waals surface area contributed by atoms with Gasteiger partial charge in [0, 0.05) is 0 Å². The lowest BCUT2D eigenvalue weighted by Crippen LogP contribution is -2.14. The summed E-state index contributed by atoms with van der Waals surface area (Å²) < 4.78 is 13.4. The van der Waals surface area contributed by atoms with Crippen LogP contribution in [0.15, 0.2) is 41.4 Å². The van der Waals surface area contributed by atoms with Crippen LogP contribution in [0.2, 0.25) is 0 Å². The number of aromatic nitrogens is 2. The summed E-state index contributed by atoms with van der Waals surface area (Å²) in [5, 5.41) is 19.1. The number of halogens is 1. The summed E-state index contributed by atoms with van der Waals surface area (Å²) in [4.78, 5) is 11.8. The van der Waals surface area contributed by atoms with Crippen LogP contribution in [0.3, 0.4) is 0 Å². The van der Waals surface area contributed by atoms with Crippen LogP contribution in [0.5, 0.6) is 0 Å². The largest absolute Gasteiger partial charge is 0.305 e. The molecule has 0 unspecified atom stereocenters. The van der Waals surface area contributed by atoms with Gasteiger partial charge >= 0.3 is 0 Å². The smallest absolute Gasteiger partial charge is 0.259 e. The number of nitrogens with zero attached hydrogens (tertiary/aromatic N) is 3. The van der Waals surface area contributed by atoms with Crippen molar-refractivity contribution in [3.05, 3.63) is 47.8 Å². The summed E-state index contributed by atoms with van der Waals surface area (Å²) in [5.74, 6) is -0.691. The highest BCUT2D eigenvalue weighted by Gasteiger charge is 2.11. The fourth-order valence-electron chi connectivity index (χ4n) is 1.40. The molecule has 5 nitrogen and oxygen atoms in total. The van der Waals surface area contributed by atoms with Gasteiger partial charge in [0.1, 0.15) is 10.8 Å². The number of hydrogen-bond acceptors (Lipinski definition) is 5.